The Bertz CT molecular complexity index is 1160. The third kappa shape index (κ3) is 9.52. The molecule has 21 nitrogen and oxygen atoms in total. The molecule has 1 unspecified atom stereocenters. The summed E-state index contributed by atoms with van der Waals surface area (Å²) in [5, 5.41) is 63.9. The first-order valence-corrected chi connectivity index (χ1v) is 12.8. The minimum Gasteiger partial charge on any atom is -0.479 e. The van der Waals surface area contributed by atoms with Gasteiger partial charge in [-0.25, -0.2) is 18.7 Å². The second-order valence-electron chi connectivity index (χ2n) is 7.26. The number of phosphoric acid groups is 2. The van der Waals surface area contributed by atoms with Crippen LogP contribution in [0.25, 0.3) is 0 Å². The van der Waals surface area contributed by atoms with E-state index in [2.05, 4.69) is 8.83 Å². The van der Waals surface area contributed by atoms with E-state index in [9.17, 15) is 48.7 Å². The average molecular weight is 598 g/mol. The predicted molar refractivity (Wildman–Crippen MR) is 114 cm³/mol. The SMILES string of the molecule is O=C[C@H](OP(=O)(O)OP(=O)(O)O)[C@@H](O)[C@H](O)[C@H](O)C(=O)O.O=c1ccn([C@@H]2O[C@H](CO)[C@@H](O)[C@H]2O)c(=O)[nH]1. The Balaban J connectivity index is 0.000000386. The zero-order chi connectivity index (χ0) is 29.6. The van der Waals surface area contributed by atoms with E-state index in [1.807, 2.05) is 4.98 Å². The van der Waals surface area contributed by atoms with Gasteiger partial charge in [0.15, 0.2) is 24.7 Å². The van der Waals surface area contributed by atoms with Crippen LogP contribution in [0.15, 0.2) is 21.9 Å². The lowest BCUT2D eigenvalue weighted by atomic mass is 10.0. The van der Waals surface area contributed by atoms with Crippen molar-refractivity contribution in [2.45, 2.75) is 49.0 Å². The second-order valence-corrected chi connectivity index (χ2v) is 10.0. The summed E-state index contributed by atoms with van der Waals surface area (Å²) in [6.45, 7) is -0.479. The van der Waals surface area contributed by atoms with Crippen molar-refractivity contribution in [3.05, 3.63) is 33.1 Å². The topological polar surface area (TPSA) is 353 Å². The molecule has 2 heterocycles. The number of aliphatic hydroxyl groups excluding tert-OH is 6. The highest BCUT2D eigenvalue weighted by atomic mass is 31.3. The van der Waals surface area contributed by atoms with Gasteiger partial charge in [-0.3, -0.25) is 18.9 Å². The second kappa shape index (κ2) is 13.7. The van der Waals surface area contributed by atoms with Crippen LogP contribution in [0.3, 0.4) is 0 Å². The summed E-state index contributed by atoms with van der Waals surface area (Å²) in [4.78, 5) is 70.8. The molecule has 38 heavy (non-hydrogen) atoms. The summed E-state index contributed by atoms with van der Waals surface area (Å²) in [6.07, 6.45) is -14.0. The molecule has 1 fully saturated rings. The molecule has 0 aliphatic carbocycles. The van der Waals surface area contributed by atoms with E-state index >= 15 is 0 Å². The number of carbonyl (C=O) groups excluding carboxylic acids is 1. The van der Waals surface area contributed by atoms with Crippen molar-refractivity contribution < 1.29 is 82.7 Å². The number of hydrogen-bond acceptors (Lipinski definition) is 15. The molecular formula is C15H24N2O19P2. The summed E-state index contributed by atoms with van der Waals surface area (Å²) < 4.78 is 34.8. The number of H-pyrrole nitrogens is 1. The molecular weight excluding hydrogens is 574 g/mol. The molecule has 0 spiro atoms. The van der Waals surface area contributed by atoms with Gasteiger partial charge in [-0.05, 0) is 0 Å². The molecule has 23 heteroatoms. The van der Waals surface area contributed by atoms with E-state index in [-0.39, 0.29) is 6.29 Å². The standard InChI is InChI=1S/C9H12N2O6.C6H12O13P2/c12-3-4-6(14)7(15)8(17-4)11-2-1-5(13)10-9(11)16;7-1-2(3(8)4(9)5(10)6(11)12)18-21(16,17)19-20(13,14)15/h1-2,4,6-8,12,14-15H,3H2,(H,10,13,16);1-5,8-10H,(H,11,12)(H,16,17)(H2,13,14,15)/t4-,6-,7-,8-;2-,3+,4-,5-/m10/s1. The Morgan fingerprint density at radius 1 is 1.13 bits per heavy atom. The van der Waals surface area contributed by atoms with Crippen LogP contribution in [0.4, 0.5) is 0 Å². The predicted octanol–water partition coefficient (Wildman–Crippen LogP) is -5.90. The number of carboxylic acid groups (broad SMARTS) is 1. The van der Waals surface area contributed by atoms with Crippen molar-refractivity contribution in [3.8, 4) is 0 Å². The van der Waals surface area contributed by atoms with E-state index in [0.29, 0.717) is 0 Å². The number of aliphatic carboxylic acids is 1. The number of hydrogen-bond donors (Lipinski definition) is 11. The van der Waals surface area contributed by atoms with Crippen molar-refractivity contribution in [2.24, 2.45) is 0 Å². The van der Waals surface area contributed by atoms with Crippen molar-refractivity contribution in [2.75, 3.05) is 6.61 Å². The fraction of sp³-hybridized carbons (Fsp3) is 0.600. The molecule has 0 aromatic carbocycles. The highest BCUT2D eigenvalue weighted by molar-refractivity contribution is 7.60. The highest BCUT2D eigenvalue weighted by Crippen LogP contribution is 2.58. The van der Waals surface area contributed by atoms with Crippen LogP contribution in [-0.2, 0) is 32.3 Å². The van der Waals surface area contributed by atoms with Crippen LogP contribution in [0.5, 0.6) is 0 Å². The van der Waals surface area contributed by atoms with Gasteiger partial charge in [-0.2, -0.15) is 4.31 Å². The van der Waals surface area contributed by atoms with E-state index in [1.54, 1.807) is 0 Å². The number of carbonyl (C=O) groups is 2. The maximum Gasteiger partial charge on any atom is 0.481 e. The van der Waals surface area contributed by atoms with Gasteiger partial charge in [0, 0.05) is 12.3 Å². The van der Waals surface area contributed by atoms with Crippen molar-refractivity contribution in [3.63, 3.8) is 0 Å². The van der Waals surface area contributed by atoms with Crippen LogP contribution in [0.1, 0.15) is 6.23 Å². The van der Waals surface area contributed by atoms with Gasteiger partial charge in [0.1, 0.15) is 30.5 Å². The minimum atomic E-state index is -5.53. The fourth-order valence-electron chi connectivity index (χ4n) is 2.74. The number of nitrogens with zero attached hydrogens (tertiary/aromatic N) is 1. The maximum atomic E-state index is 11.4. The molecule has 0 bridgehead atoms. The number of aromatic amines is 1. The van der Waals surface area contributed by atoms with E-state index in [4.69, 9.17) is 34.7 Å². The Labute approximate surface area is 209 Å². The van der Waals surface area contributed by atoms with Gasteiger partial charge in [-0.15, -0.1) is 0 Å². The molecule has 218 valence electrons. The lowest BCUT2D eigenvalue weighted by molar-refractivity contribution is -0.163. The summed E-state index contributed by atoms with van der Waals surface area (Å²) in [5.41, 5.74) is -1.33. The number of aldehydes is 1. The number of carboxylic acids is 1. The van der Waals surface area contributed by atoms with E-state index in [1.165, 1.54) is 0 Å². The summed E-state index contributed by atoms with van der Waals surface area (Å²) in [7, 11) is -11.0. The van der Waals surface area contributed by atoms with Gasteiger partial charge in [-0.1, -0.05) is 0 Å². The van der Waals surface area contributed by atoms with Gasteiger partial charge >= 0.3 is 27.3 Å². The van der Waals surface area contributed by atoms with Crippen LogP contribution >= 0.6 is 15.6 Å². The van der Waals surface area contributed by atoms with Gasteiger partial charge in [0.25, 0.3) is 5.56 Å². The Kier molecular flexibility index (Phi) is 12.2. The number of aromatic nitrogens is 2. The molecule has 1 aliphatic heterocycles. The first-order valence-electron chi connectivity index (χ1n) is 9.79. The molecule has 1 aromatic rings. The fourth-order valence-corrected chi connectivity index (χ4v) is 4.45. The summed E-state index contributed by atoms with van der Waals surface area (Å²) in [6, 6.07) is 1.09. The average Bonchev–Trinajstić information content (AvgIpc) is 3.08. The van der Waals surface area contributed by atoms with E-state index < -0.39 is 88.4 Å². The highest BCUT2D eigenvalue weighted by Gasteiger charge is 2.44. The number of aliphatic hydroxyl groups is 6. The third-order valence-corrected chi connectivity index (χ3v) is 6.69. The summed E-state index contributed by atoms with van der Waals surface area (Å²) in [5.74, 6) is -1.98. The zero-order valence-electron chi connectivity index (χ0n) is 18.5. The quantitative estimate of drug-likeness (QED) is 0.0834. The largest absolute Gasteiger partial charge is 0.481 e. The van der Waals surface area contributed by atoms with Gasteiger partial charge < -0.3 is 60.0 Å². The molecule has 0 amide bonds. The molecule has 9 atom stereocenters. The summed E-state index contributed by atoms with van der Waals surface area (Å²) >= 11 is 0. The number of nitrogens with one attached hydrogen (secondary N) is 1. The molecule has 2 rings (SSSR count). The Hall–Kier alpha value is -2.20. The molecule has 0 radical (unpaired) electrons. The maximum absolute atomic E-state index is 11.4. The van der Waals surface area contributed by atoms with Gasteiger partial charge in [0.05, 0.1) is 6.61 Å². The molecule has 11 N–H and O–H groups in total. The van der Waals surface area contributed by atoms with Crippen molar-refractivity contribution in [1.82, 2.24) is 9.55 Å². The minimum absolute atomic E-state index is 0.381. The normalized spacial score (nSPS) is 26.2. The van der Waals surface area contributed by atoms with Crippen molar-refractivity contribution in [1.29, 1.82) is 0 Å². The first-order chi connectivity index (χ1) is 17.3. The lowest BCUT2D eigenvalue weighted by Crippen LogP contribution is -2.48. The molecule has 1 aliphatic rings. The zero-order valence-corrected chi connectivity index (χ0v) is 20.3. The lowest BCUT2D eigenvalue weighted by Gasteiger charge is -2.25. The van der Waals surface area contributed by atoms with Crippen LogP contribution in [0, 0.1) is 0 Å². The first kappa shape index (κ1) is 33.8. The van der Waals surface area contributed by atoms with Crippen LogP contribution < -0.4 is 11.2 Å². The van der Waals surface area contributed by atoms with Gasteiger partial charge in [0.2, 0.25) is 0 Å². The molecule has 1 saturated heterocycles. The van der Waals surface area contributed by atoms with Crippen molar-refractivity contribution >= 4 is 27.9 Å². The number of ether oxygens (including phenoxy) is 1. The van der Waals surface area contributed by atoms with E-state index in [0.717, 1.165) is 16.8 Å². The molecule has 0 saturated carbocycles. The van der Waals surface area contributed by atoms with Crippen LogP contribution in [-0.4, -0.2) is 122 Å². The Morgan fingerprint density at radius 3 is 2.13 bits per heavy atom. The number of rotatable bonds is 11. The molecule has 1 aromatic heterocycles. The monoisotopic (exact) mass is 598 g/mol. The van der Waals surface area contributed by atoms with Crippen LogP contribution in [0.2, 0.25) is 0 Å². The smallest absolute Gasteiger partial charge is 0.479 e. The third-order valence-electron chi connectivity index (χ3n) is 4.50. The number of phosphoric ester groups is 1. The Morgan fingerprint density at radius 2 is 1.71 bits per heavy atom.